The number of fused-ring (bicyclic) bond motifs is 1. The number of ether oxygens (including phenoxy) is 2. The maximum Gasteiger partial charge on any atom is 0.417 e. The fourth-order valence-corrected chi connectivity index (χ4v) is 4.88. The molecule has 10 heteroatoms. The predicted molar refractivity (Wildman–Crippen MR) is 115 cm³/mol. The van der Waals surface area contributed by atoms with E-state index in [2.05, 4.69) is 9.97 Å². The maximum absolute atomic E-state index is 14.5. The largest absolute Gasteiger partial charge is 0.493 e. The van der Waals surface area contributed by atoms with Crippen molar-refractivity contribution in [2.24, 2.45) is 5.92 Å². The number of aryl methyl sites for hydroxylation is 2. The Morgan fingerprint density at radius 3 is 2.47 bits per heavy atom. The zero-order chi connectivity index (χ0) is 25.2. The Hall–Kier alpha value is -3.01. The van der Waals surface area contributed by atoms with Gasteiger partial charge in [0.2, 0.25) is 5.82 Å². The zero-order valence-electron chi connectivity index (χ0n) is 19.1. The first-order chi connectivity index (χ1) is 15.8. The molecular weight excluding hydrogens is 459 g/mol. The molecule has 1 N–H and O–H groups in total. The van der Waals surface area contributed by atoms with Gasteiger partial charge < -0.3 is 14.5 Å². The Morgan fingerprint density at radius 2 is 1.85 bits per heavy atom. The van der Waals surface area contributed by atoms with Gasteiger partial charge in [0.15, 0.2) is 22.6 Å². The summed E-state index contributed by atoms with van der Waals surface area (Å²) in [7, 11) is 1.11. The Balaban J connectivity index is 1.98. The average Bonchev–Trinajstić information content (AvgIpc) is 3.01. The smallest absolute Gasteiger partial charge is 0.417 e. The summed E-state index contributed by atoms with van der Waals surface area (Å²) < 4.78 is 81.6. The van der Waals surface area contributed by atoms with Crippen LogP contribution in [0, 0.1) is 31.4 Å². The molecule has 0 amide bonds. The first-order valence-corrected chi connectivity index (χ1v) is 10.6. The van der Waals surface area contributed by atoms with E-state index in [1.54, 1.807) is 19.9 Å². The van der Waals surface area contributed by atoms with E-state index >= 15 is 0 Å². The summed E-state index contributed by atoms with van der Waals surface area (Å²) in [6, 6.07) is 4.81. The van der Waals surface area contributed by atoms with Gasteiger partial charge in [0.1, 0.15) is 6.10 Å². The second kappa shape index (κ2) is 8.04. The fourth-order valence-electron chi connectivity index (χ4n) is 4.88. The normalized spacial score (nSPS) is 25.2. The van der Waals surface area contributed by atoms with Gasteiger partial charge in [-0.1, -0.05) is 13.0 Å². The third-order valence-electron chi connectivity index (χ3n) is 6.76. The molecule has 5 nitrogen and oxygen atoms in total. The topological polar surface area (TPSA) is 64.2 Å². The minimum absolute atomic E-state index is 0.00918. The molecule has 1 aliphatic rings. The highest BCUT2D eigenvalue weighted by Gasteiger charge is 2.65. The van der Waals surface area contributed by atoms with Crippen LogP contribution in [-0.4, -0.2) is 28.9 Å². The first kappa shape index (κ1) is 24.1. The molecule has 1 aromatic carbocycles. The lowest BCUT2D eigenvalue weighted by atomic mass is 9.76. The molecule has 3 heterocycles. The Labute approximate surface area is 191 Å². The number of aromatic amines is 1. The lowest BCUT2D eigenvalue weighted by molar-refractivity contribution is -0.275. The molecule has 1 saturated heterocycles. The number of methoxy groups -OCH3 is 1. The molecular formula is C24H23F5N2O3. The van der Waals surface area contributed by atoms with E-state index in [9.17, 15) is 26.7 Å². The maximum atomic E-state index is 14.5. The second-order valence-electron chi connectivity index (χ2n) is 8.80. The SMILES string of the molecule is COc1c([C@H]2[C@H](c3cc(=O)c4c(C)nc(C)cc4[nH]3)O[C@@](C)(C(F)(F)F)[C@H]2C)ccc(F)c1F. The van der Waals surface area contributed by atoms with Crippen molar-refractivity contribution in [2.75, 3.05) is 7.11 Å². The van der Waals surface area contributed by atoms with E-state index < -0.39 is 52.5 Å². The number of nitrogens with one attached hydrogen (secondary N) is 1. The quantitative estimate of drug-likeness (QED) is 0.491. The zero-order valence-corrected chi connectivity index (χ0v) is 19.1. The molecule has 0 bridgehead atoms. The molecule has 182 valence electrons. The highest BCUT2D eigenvalue weighted by atomic mass is 19.4. The van der Waals surface area contributed by atoms with E-state index in [0.29, 0.717) is 22.3 Å². The molecule has 3 aromatic rings. The molecule has 1 aliphatic heterocycles. The molecule has 4 rings (SSSR count). The molecule has 1 fully saturated rings. The summed E-state index contributed by atoms with van der Waals surface area (Å²) in [4.78, 5) is 20.2. The number of H-pyrrole nitrogens is 1. The van der Waals surface area contributed by atoms with Crippen LogP contribution in [0.1, 0.15) is 48.5 Å². The average molecular weight is 482 g/mol. The first-order valence-electron chi connectivity index (χ1n) is 10.6. The fraction of sp³-hybridized carbons (Fsp3) is 0.417. The van der Waals surface area contributed by atoms with E-state index in [0.717, 1.165) is 20.1 Å². The van der Waals surface area contributed by atoms with Crippen LogP contribution in [0.2, 0.25) is 0 Å². The number of rotatable bonds is 3. The highest BCUT2D eigenvalue weighted by Crippen LogP contribution is 2.59. The lowest BCUT2D eigenvalue weighted by Gasteiger charge is -2.32. The predicted octanol–water partition coefficient (Wildman–Crippen LogP) is 5.64. The van der Waals surface area contributed by atoms with Gasteiger partial charge in [-0.25, -0.2) is 4.39 Å². The van der Waals surface area contributed by atoms with E-state index in [1.807, 2.05) is 0 Å². The standard InChI is InChI=1S/C24H23F5N2O3/c1-10-8-15-19(12(3)30-10)17(32)9-16(31-15)22-18(11(2)23(4,34-22)24(27,28)29)13-6-7-14(25)20(26)21(13)33-5/h6-9,11,18,22H,1-5H3,(H,31,32)/t11-,18-,22-,23+/m0/s1. The van der Waals surface area contributed by atoms with Crippen molar-refractivity contribution in [1.82, 2.24) is 9.97 Å². The molecule has 34 heavy (non-hydrogen) atoms. The molecule has 2 aromatic heterocycles. The van der Waals surface area contributed by atoms with Crippen molar-refractivity contribution in [3.05, 3.63) is 68.8 Å². The van der Waals surface area contributed by atoms with E-state index in [-0.39, 0.29) is 11.3 Å². The number of aromatic nitrogens is 2. The van der Waals surface area contributed by atoms with Crippen molar-refractivity contribution in [2.45, 2.75) is 51.5 Å². The number of nitrogens with zero attached hydrogens (tertiary/aromatic N) is 1. The number of hydrogen-bond donors (Lipinski definition) is 1. The van der Waals surface area contributed by atoms with Gasteiger partial charge in [0.25, 0.3) is 0 Å². The van der Waals surface area contributed by atoms with Crippen molar-refractivity contribution >= 4 is 10.9 Å². The van der Waals surface area contributed by atoms with Crippen LogP contribution in [0.5, 0.6) is 5.75 Å². The van der Waals surface area contributed by atoms with E-state index in [1.165, 1.54) is 19.1 Å². The van der Waals surface area contributed by atoms with Crippen LogP contribution in [0.15, 0.2) is 29.1 Å². The van der Waals surface area contributed by atoms with Crippen molar-refractivity contribution in [1.29, 1.82) is 0 Å². The van der Waals surface area contributed by atoms with Crippen LogP contribution in [0.3, 0.4) is 0 Å². The number of pyridine rings is 2. The van der Waals surface area contributed by atoms with Crippen LogP contribution < -0.4 is 10.2 Å². The lowest BCUT2D eigenvalue weighted by Crippen LogP contribution is -2.46. The van der Waals surface area contributed by atoms with E-state index in [4.69, 9.17) is 9.47 Å². The van der Waals surface area contributed by atoms with Crippen LogP contribution >= 0.6 is 0 Å². The third kappa shape index (κ3) is 3.55. The van der Waals surface area contributed by atoms with Gasteiger partial charge in [-0.2, -0.15) is 17.6 Å². The summed E-state index contributed by atoms with van der Waals surface area (Å²) in [6.45, 7) is 5.62. The van der Waals surface area contributed by atoms with Gasteiger partial charge in [-0.3, -0.25) is 9.78 Å². The van der Waals surface area contributed by atoms with Crippen LogP contribution in [-0.2, 0) is 4.74 Å². The molecule has 0 spiro atoms. The minimum atomic E-state index is -4.78. The molecule has 0 radical (unpaired) electrons. The Bertz CT molecular complexity index is 1340. The van der Waals surface area contributed by atoms with Gasteiger partial charge >= 0.3 is 6.18 Å². The molecule has 4 atom stereocenters. The van der Waals surface area contributed by atoms with Gasteiger partial charge in [0.05, 0.1) is 23.7 Å². The van der Waals surface area contributed by atoms with Crippen molar-refractivity contribution < 1.29 is 31.4 Å². The highest BCUT2D eigenvalue weighted by molar-refractivity contribution is 5.81. The Morgan fingerprint density at radius 1 is 1.18 bits per heavy atom. The summed E-state index contributed by atoms with van der Waals surface area (Å²) in [5, 5.41) is 0.306. The van der Waals surface area contributed by atoms with Gasteiger partial charge in [-0.05, 0) is 32.9 Å². The number of benzene rings is 1. The van der Waals surface area contributed by atoms with Gasteiger partial charge in [-0.15, -0.1) is 0 Å². The summed E-state index contributed by atoms with van der Waals surface area (Å²) in [5.41, 5.74) is -1.51. The van der Waals surface area contributed by atoms with Crippen LogP contribution in [0.25, 0.3) is 10.9 Å². The molecule has 0 saturated carbocycles. The molecule has 0 unspecified atom stereocenters. The number of alkyl halides is 3. The molecule has 0 aliphatic carbocycles. The summed E-state index contributed by atoms with van der Waals surface area (Å²) in [6.07, 6.45) is -6.11. The monoisotopic (exact) mass is 482 g/mol. The summed E-state index contributed by atoms with van der Waals surface area (Å²) >= 11 is 0. The number of hydrogen-bond acceptors (Lipinski definition) is 4. The van der Waals surface area contributed by atoms with Crippen molar-refractivity contribution in [3.8, 4) is 5.75 Å². The number of halogens is 5. The van der Waals surface area contributed by atoms with Crippen LogP contribution in [0.4, 0.5) is 22.0 Å². The second-order valence-corrected chi connectivity index (χ2v) is 8.80. The minimum Gasteiger partial charge on any atom is -0.493 e. The van der Waals surface area contributed by atoms with Gasteiger partial charge in [0, 0.05) is 34.9 Å². The van der Waals surface area contributed by atoms with Crippen molar-refractivity contribution in [3.63, 3.8) is 0 Å². The Kier molecular flexibility index (Phi) is 5.70. The third-order valence-corrected chi connectivity index (χ3v) is 6.76. The summed E-state index contributed by atoms with van der Waals surface area (Å²) in [5.74, 6) is -5.36.